The minimum absolute atomic E-state index is 0. The predicted molar refractivity (Wildman–Crippen MR) is 81.8 cm³/mol. The fraction of sp³-hybridized carbons (Fsp3) is 0.375. The van der Waals surface area contributed by atoms with Crippen molar-refractivity contribution in [2.45, 2.75) is 26.8 Å². The summed E-state index contributed by atoms with van der Waals surface area (Å²) in [6, 6.07) is 0.257. The second kappa shape index (κ2) is 10.5. The van der Waals surface area contributed by atoms with E-state index in [1.54, 1.807) is 0 Å². The normalized spacial score (nSPS) is 21.5. The molecule has 0 unspecified atom stereocenters. The van der Waals surface area contributed by atoms with Crippen molar-refractivity contribution in [3.8, 4) is 0 Å². The maximum absolute atomic E-state index is 6.05. The van der Waals surface area contributed by atoms with Crippen LogP contribution in [0.25, 0.3) is 0 Å². The summed E-state index contributed by atoms with van der Waals surface area (Å²) in [5, 5.41) is 1.32. The number of thioether (sulfide) groups is 1. The Morgan fingerprint density at radius 1 is 0.947 bits per heavy atom. The summed E-state index contributed by atoms with van der Waals surface area (Å²) < 4.78 is 0. The number of nitrogens with two attached hydrogens (primary N) is 1. The molecule has 3 heteroatoms. The van der Waals surface area contributed by atoms with Gasteiger partial charge in [0.2, 0.25) is 0 Å². The Labute approximate surface area is 135 Å². The standard InChI is InChI=1S/C11H18NS.C5H5.Fe/c1-11(2,3)10(12)8-13-9-6-4-5-7-9;1-2-4-5-3-1;/h4-7,10H,8,12H2,1-3H3;1-5H;/q;;+2/t10-;;/m1../s1. The molecule has 2 rings (SSSR count). The van der Waals surface area contributed by atoms with Crippen LogP contribution in [0.3, 0.4) is 0 Å². The maximum atomic E-state index is 6.05. The van der Waals surface area contributed by atoms with Crippen molar-refractivity contribution in [1.29, 1.82) is 0 Å². The summed E-state index contributed by atoms with van der Waals surface area (Å²) in [7, 11) is 0. The Hall–Kier alpha value is 0.829. The third-order valence-corrected chi connectivity index (χ3v) is 3.86. The molecule has 19 heavy (non-hydrogen) atoms. The topological polar surface area (TPSA) is 26.0 Å². The van der Waals surface area contributed by atoms with Gasteiger partial charge in [-0.25, -0.2) is 0 Å². The van der Waals surface area contributed by atoms with E-state index < -0.39 is 0 Å². The van der Waals surface area contributed by atoms with Gasteiger partial charge in [0.05, 0.1) is 0 Å². The molecule has 0 amide bonds. The Morgan fingerprint density at radius 2 is 1.37 bits per heavy atom. The third-order valence-electron chi connectivity index (χ3n) is 2.73. The monoisotopic (exact) mass is 317 g/mol. The van der Waals surface area contributed by atoms with Gasteiger partial charge in [-0.1, -0.05) is 20.8 Å². The molecule has 1 atom stereocenters. The molecule has 2 aliphatic rings. The largest absolute Gasteiger partial charge is 2.00 e. The van der Waals surface area contributed by atoms with Crippen molar-refractivity contribution in [1.82, 2.24) is 0 Å². The van der Waals surface area contributed by atoms with Gasteiger partial charge in [0.15, 0.2) is 0 Å². The van der Waals surface area contributed by atoms with E-state index in [0.717, 1.165) is 5.75 Å². The number of hydrogen-bond donors (Lipinski definition) is 1. The van der Waals surface area contributed by atoms with Crippen LogP contribution in [-0.2, 0) is 17.1 Å². The Morgan fingerprint density at radius 3 is 1.74 bits per heavy atom. The van der Waals surface area contributed by atoms with Crippen LogP contribution in [0.5, 0.6) is 0 Å². The van der Waals surface area contributed by atoms with Gasteiger partial charge >= 0.3 is 17.1 Å². The third kappa shape index (κ3) is 9.39. The predicted octanol–water partition coefficient (Wildman–Crippen LogP) is 3.47. The summed E-state index contributed by atoms with van der Waals surface area (Å²) >= 11 is 1.84. The van der Waals surface area contributed by atoms with Gasteiger partial charge in [-0.2, -0.15) is 11.8 Å². The molecular weight excluding hydrogens is 294 g/mol. The molecule has 10 radical (unpaired) electrons. The molecule has 104 valence electrons. The first kappa shape index (κ1) is 19.8. The first-order valence-corrected chi connectivity index (χ1v) is 7.25. The van der Waals surface area contributed by atoms with Gasteiger partial charge in [0.25, 0.3) is 0 Å². The summed E-state index contributed by atoms with van der Waals surface area (Å²) in [5.41, 5.74) is 6.25. The quantitative estimate of drug-likeness (QED) is 0.807. The first-order chi connectivity index (χ1) is 8.50. The van der Waals surface area contributed by atoms with E-state index >= 15 is 0 Å². The molecule has 2 saturated carbocycles. The number of hydrogen-bond acceptors (Lipinski definition) is 2. The van der Waals surface area contributed by atoms with E-state index in [2.05, 4.69) is 46.5 Å². The van der Waals surface area contributed by atoms with Crippen LogP contribution in [0.2, 0.25) is 0 Å². The molecular formula is C16H23FeNS+2. The van der Waals surface area contributed by atoms with Crippen molar-refractivity contribution in [3.63, 3.8) is 0 Å². The zero-order valence-electron chi connectivity index (χ0n) is 11.8. The van der Waals surface area contributed by atoms with Crippen LogP contribution in [-0.4, -0.2) is 11.8 Å². The van der Waals surface area contributed by atoms with E-state index in [-0.39, 0.29) is 28.5 Å². The van der Waals surface area contributed by atoms with Gasteiger partial charge in [-0.15, -0.1) is 0 Å². The average Bonchev–Trinajstić information content (AvgIpc) is 3.00. The van der Waals surface area contributed by atoms with Crippen LogP contribution < -0.4 is 5.73 Å². The Balaban J connectivity index is 0.000000454. The van der Waals surface area contributed by atoms with Gasteiger partial charge in [0, 0.05) is 17.0 Å². The molecule has 0 heterocycles. The van der Waals surface area contributed by atoms with Crippen LogP contribution in [0.1, 0.15) is 20.8 Å². The van der Waals surface area contributed by atoms with Crippen molar-refractivity contribution >= 4 is 11.8 Å². The van der Waals surface area contributed by atoms with E-state index in [1.165, 1.54) is 5.25 Å². The summed E-state index contributed by atoms with van der Waals surface area (Å²) in [6.45, 7) is 6.55. The molecule has 2 aliphatic carbocycles. The fourth-order valence-corrected chi connectivity index (χ4v) is 2.43. The van der Waals surface area contributed by atoms with Crippen molar-refractivity contribution < 1.29 is 17.1 Å². The average molecular weight is 317 g/mol. The van der Waals surface area contributed by atoms with Crippen molar-refractivity contribution in [3.05, 3.63) is 63.0 Å². The second-order valence-electron chi connectivity index (χ2n) is 5.37. The Bertz CT molecular complexity index is 198. The molecule has 0 saturated heterocycles. The van der Waals surface area contributed by atoms with Crippen LogP contribution in [0, 0.1) is 68.5 Å². The molecule has 1 nitrogen and oxygen atoms in total. The molecule has 0 aromatic heterocycles. The minimum Gasteiger partial charge on any atom is -0.326 e. The fourth-order valence-electron chi connectivity index (χ4n) is 1.21. The molecule has 0 aromatic rings. The van der Waals surface area contributed by atoms with E-state index in [4.69, 9.17) is 5.73 Å². The smallest absolute Gasteiger partial charge is 0.326 e. The van der Waals surface area contributed by atoms with Gasteiger partial charge < -0.3 is 5.73 Å². The van der Waals surface area contributed by atoms with Crippen LogP contribution >= 0.6 is 11.8 Å². The molecule has 0 bridgehead atoms. The van der Waals surface area contributed by atoms with Crippen LogP contribution in [0.15, 0.2) is 0 Å². The zero-order chi connectivity index (χ0) is 13.4. The van der Waals surface area contributed by atoms with Crippen LogP contribution in [0.4, 0.5) is 0 Å². The number of rotatable bonds is 3. The zero-order valence-corrected chi connectivity index (χ0v) is 13.7. The van der Waals surface area contributed by atoms with Crippen molar-refractivity contribution in [2.75, 3.05) is 5.75 Å². The van der Waals surface area contributed by atoms with Gasteiger partial charge in [-0.05, 0) is 63.2 Å². The Kier molecular flexibility index (Phi) is 11.0. The van der Waals surface area contributed by atoms with Gasteiger partial charge in [-0.3, -0.25) is 0 Å². The molecule has 0 aliphatic heterocycles. The second-order valence-corrected chi connectivity index (χ2v) is 6.46. The minimum atomic E-state index is 0. The molecule has 2 N–H and O–H groups in total. The van der Waals surface area contributed by atoms with Crippen molar-refractivity contribution in [2.24, 2.45) is 11.1 Å². The maximum Gasteiger partial charge on any atom is 2.00 e. The summed E-state index contributed by atoms with van der Waals surface area (Å²) in [5.74, 6) is 0.994. The molecule has 0 aromatic carbocycles. The van der Waals surface area contributed by atoms with E-state index in [9.17, 15) is 0 Å². The van der Waals surface area contributed by atoms with E-state index in [0.29, 0.717) is 0 Å². The first-order valence-electron chi connectivity index (χ1n) is 6.27. The molecule has 2 fully saturated rings. The van der Waals surface area contributed by atoms with E-state index in [1.807, 2.05) is 43.9 Å². The summed E-state index contributed by atoms with van der Waals surface area (Å²) in [6.07, 6.45) is 18.4. The van der Waals surface area contributed by atoms with Gasteiger partial charge in [0.1, 0.15) is 0 Å². The SMILES string of the molecule is CC(C)(C)[C@H](N)CS[C]1[CH][CH][CH][CH]1.[CH]1[CH][CH][CH][CH]1.[Fe+2]. The summed E-state index contributed by atoms with van der Waals surface area (Å²) in [4.78, 5) is 0. The molecule has 0 spiro atoms.